The lowest BCUT2D eigenvalue weighted by molar-refractivity contribution is -0.203. The van der Waals surface area contributed by atoms with Crippen LogP contribution >= 0.6 is 0 Å². The molecule has 11 atom stereocenters. The minimum atomic E-state index is -0.240. The first kappa shape index (κ1) is 27.2. The Bertz CT molecular complexity index is 932. The molecule has 0 unspecified atom stereocenters. The lowest BCUT2D eigenvalue weighted by Crippen LogP contribution is -2.62. The number of aliphatic hydroxyl groups excluding tert-OH is 2. The molecule has 4 nitrogen and oxygen atoms in total. The SMILES string of the molecule is CC[C@H]1[C@@H](O)[C@@H]2[C@H](CC[C@]3(C)[C@@H]([C@H](C)CCOC(=O)Cc4ccccc4)CC[C@@H]23)[C@@]2(C)CC[C@@H](O)C[C@@H]12. The predicted octanol–water partition coefficient (Wildman–Crippen LogP) is 6.43. The van der Waals surface area contributed by atoms with Crippen LogP contribution in [0.25, 0.3) is 0 Å². The van der Waals surface area contributed by atoms with Crippen molar-refractivity contribution in [3.05, 3.63) is 35.9 Å². The van der Waals surface area contributed by atoms with Crippen LogP contribution in [-0.4, -0.2) is 35.0 Å². The molecule has 0 saturated heterocycles. The zero-order chi connectivity index (χ0) is 26.4. The summed E-state index contributed by atoms with van der Waals surface area (Å²) in [5, 5.41) is 22.4. The van der Waals surface area contributed by atoms with Crippen LogP contribution in [0, 0.1) is 52.3 Å². The Balaban J connectivity index is 1.25. The van der Waals surface area contributed by atoms with Gasteiger partial charge in [-0.2, -0.15) is 0 Å². The first-order valence-corrected chi connectivity index (χ1v) is 15.2. The van der Waals surface area contributed by atoms with Crippen LogP contribution in [0.1, 0.15) is 91.0 Å². The Kier molecular flexibility index (Phi) is 7.82. The van der Waals surface area contributed by atoms with Crippen LogP contribution in [0.15, 0.2) is 30.3 Å². The highest BCUT2D eigenvalue weighted by Gasteiger charge is 2.64. The molecular weight excluding hydrogens is 460 g/mol. The fourth-order valence-corrected chi connectivity index (χ4v) is 10.3. The summed E-state index contributed by atoms with van der Waals surface area (Å²) in [5.41, 5.74) is 1.51. The van der Waals surface area contributed by atoms with E-state index >= 15 is 0 Å². The normalized spacial score (nSPS) is 43.8. The Morgan fingerprint density at radius 3 is 2.43 bits per heavy atom. The number of ether oxygens (including phenoxy) is 1. The molecular formula is C33H50O4. The van der Waals surface area contributed by atoms with E-state index in [1.165, 1.54) is 25.7 Å². The monoisotopic (exact) mass is 510 g/mol. The van der Waals surface area contributed by atoms with Gasteiger partial charge < -0.3 is 14.9 Å². The van der Waals surface area contributed by atoms with Crippen LogP contribution < -0.4 is 0 Å². The second-order valence-electron chi connectivity index (χ2n) is 13.8. The average molecular weight is 511 g/mol. The van der Waals surface area contributed by atoms with Crippen molar-refractivity contribution in [3.63, 3.8) is 0 Å². The van der Waals surface area contributed by atoms with Gasteiger partial charge in [0.2, 0.25) is 0 Å². The molecule has 0 radical (unpaired) electrons. The summed E-state index contributed by atoms with van der Waals surface area (Å²) < 4.78 is 5.66. The summed E-state index contributed by atoms with van der Waals surface area (Å²) in [6.45, 7) is 10.1. The summed E-state index contributed by atoms with van der Waals surface area (Å²) in [6.07, 6.45) is 9.65. The number of hydrogen-bond acceptors (Lipinski definition) is 4. The minimum absolute atomic E-state index is 0.134. The van der Waals surface area contributed by atoms with Crippen LogP contribution in [0.3, 0.4) is 0 Å². The zero-order valence-electron chi connectivity index (χ0n) is 23.6. The van der Waals surface area contributed by atoms with Gasteiger partial charge in [0.05, 0.1) is 25.2 Å². The van der Waals surface area contributed by atoms with Gasteiger partial charge >= 0.3 is 5.97 Å². The Morgan fingerprint density at radius 1 is 1.00 bits per heavy atom. The van der Waals surface area contributed by atoms with Crippen LogP contribution in [0.5, 0.6) is 0 Å². The number of hydrogen-bond donors (Lipinski definition) is 2. The number of fused-ring (bicyclic) bond motifs is 5. The second kappa shape index (κ2) is 10.6. The average Bonchev–Trinajstić information content (AvgIpc) is 3.23. The van der Waals surface area contributed by atoms with Crippen molar-refractivity contribution in [2.75, 3.05) is 6.61 Å². The van der Waals surface area contributed by atoms with Gasteiger partial charge in [-0.15, -0.1) is 0 Å². The van der Waals surface area contributed by atoms with E-state index in [0.29, 0.717) is 54.5 Å². The largest absolute Gasteiger partial charge is 0.465 e. The molecule has 1 aromatic rings. The van der Waals surface area contributed by atoms with Crippen molar-refractivity contribution >= 4 is 5.97 Å². The fourth-order valence-electron chi connectivity index (χ4n) is 10.3. The summed E-state index contributed by atoms with van der Waals surface area (Å²) in [6, 6.07) is 9.83. The highest BCUT2D eigenvalue weighted by molar-refractivity contribution is 5.72. The van der Waals surface area contributed by atoms with Gasteiger partial charge in [-0.05, 0) is 109 Å². The first-order chi connectivity index (χ1) is 17.7. The highest BCUT2D eigenvalue weighted by atomic mass is 16.5. The molecule has 4 aliphatic carbocycles. The molecule has 1 aromatic carbocycles. The van der Waals surface area contributed by atoms with E-state index in [4.69, 9.17) is 4.74 Å². The minimum Gasteiger partial charge on any atom is -0.465 e. The Labute approximate surface area is 224 Å². The quantitative estimate of drug-likeness (QED) is 0.415. The van der Waals surface area contributed by atoms with Crippen molar-refractivity contribution in [1.82, 2.24) is 0 Å². The maximum atomic E-state index is 12.4. The van der Waals surface area contributed by atoms with Crippen molar-refractivity contribution < 1.29 is 19.7 Å². The maximum Gasteiger partial charge on any atom is 0.310 e. The van der Waals surface area contributed by atoms with E-state index in [1.54, 1.807) is 0 Å². The van der Waals surface area contributed by atoms with Crippen LogP contribution in [0.2, 0.25) is 0 Å². The molecule has 2 N–H and O–H groups in total. The summed E-state index contributed by atoms with van der Waals surface area (Å²) in [4.78, 5) is 12.4. The van der Waals surface area contributed by atoms with E-state index in [2.05, 4.69) is 27.7 Å². The third-order valence-electron chi connectivity index (χ3n) is 12.2. The molecule has 0 heterocycles. The van der Waals surface area contributed by atoms with Gasteiger partial charge in [0.15, 0.2) is 0 Å². The van der Waals surface area contributed by atoms with E-state index in [1.807, 2.05) is 30.3 Å². The number of benzene rings is 1. The molecule has 4 aliphatic rings. The number of esters is 1. The summed E-state index contributed by atoms with van der Waals surface area (Å²) in [7, 11) is 0. The number of carbonyl (C=O) groups is 1. The third kappa shape index (κ3) is 4.80. The van der Waals surface area contributed by atoms with Crippen molar-refractivity contribution in [3.8, 4) is 0 Å². The van der Waals surface area contributed by atoms with Crippen molar-refractivity contribution in [2.45, 2.75) is 104 Å². The molecule has 4 fully saturated rings. The van der Waals surface area contributed by atoms with Gasteiger partial charge in [0.1, 0.15) is 0 Å². The van der Waals surface area contributed by atoms with Crippen LogP contribution in [0.4, 0.5) is 0 Å². The number of carbonyl (C=O) groups excluding carboxylic acids is 1. The molecule has 0 amide bonds. The molecule has 4 saturated carbocycles. The first-order valence-electron chi connectivity index (χ1n) is 15.2. The fraction of sp³-hybridized carbons (Fsp3) is 0.788. The van der Waals surface area contributed by atoms with Gasteiger partial charge in [-0.25, -0.2) is 0 Å². The maximum absolute atomic E-state index is 12.4. The second-order valence-corrected chi connectivity index (χ2v) is 13.8. The van der Waals surface area contributed by atoms with Crippen molar-refractivity contribution in [1.29, 1.82) is 0 Å². The van der Waals surface area contributed by atoms with Gasteiger partial charge in [0.25, 0.3) is 0 Å². The van der Waals surface area contributed by atoms with E-state index in [0.717, 1.165) is 37.7 Å². The van der Waals surface area contributed by atoms with E-state index < -0.39 is 0 Å². The van der Waals surface area contributed by atoms with Gasteiger partial charge in [-0.1, -0.05) is 64.4 Å². The van der Waals surface area contributed by atoms with Gasteiger partial charge in [-0.3, -0.25) is 4.79 Å². The Hall–Kier alpha value is -1.39. The molecule has 0 aliphatic heterocycles. The predicted molar refractivity (Wildman–Crippen MR) is 147 cm³/mol. The standard InChI is InChI=1S/C33H50O4/c1-5-24-28-20-23(34)13-16-33(28,4)27-14-17-32(3)25(11-12-26(32)30(27)31(24)36)21(2)15-18-37-29(35)19-22-9-7-6-8-10-22/h6-10,21,23-28,30-31,34,36H,5,11-20H2,1-4H3/t21-,23-,24-,25-,26+,27+,28+,30+,31-,32-,33-/m1/s1. The lowest BCUT2D eigenvalue weighted by Gasteiger charge is -2.64. The van der Waals surface area contributed by atoms with Crippen LogP contribution in [-0.2, 0) is 16.0 Å². The van der Waals surface area contributed by atoms with Gasteiger partial charge in [0, 0.05) is 0 Å². The molecule has 5 rings (SSSR count). The number of aliphatic hydroxyl groups is 2. The highest BCUT2D eigenvalue weighted by Crippen LogP contribution is 2.69. The number of rotatable bonds is 7. The molecule has 37 heavy (non-hydrogen) atoms. The zero-order valence-corrected chi connectivity index (χ0v) is 23.6. The summed E-state index contributed by atoms with van der Waals surface area (Å²) in [5.74, 6) is 3.30. The lowest BCUT2D eigenvalue weighted by atomic mass is 9.41. The van der Waals surface area contributed by atoms with E-state index in [-0.39, 0.29) is 29.0 Å². The smallest absolute Gasteiger partial charge is 0.310 e. The van der Waals surface area contributed by atoms with E-state index in [9.17, 15) is 15.0 Å². The van der Waals surface area contributed by atoms with Crippen molar-refractivity contribution in [2.24, 2.45) is 52.3 Å². The molecule has 206 valence electrons. The topological polar surface area (TPSA) is 66.8 Å². The Morgan fingerprint density at radius 2 is 1.70 bits per heavy atom. The molecule has 0 spiro atoms. The molecule has 0 bridgehead atoms. The summed E-state index contributed by atoms with van der Waals surface area (Å²) >= 11 is 0. The third-order valence-corrected chi connectivity index (χ3v) is 12.2. The molecule has 4 heteroatoms. The molecule has 0 aromatic heterocycles.